The largest absolute Gasteiger partial charge is 0.351 e. The summed E-state index contributed by atoms with van der Waals surface area (Å²) in [6.45, 7) is 3.93. The Labute approximate surface area is 129 Å². The first-order chi connectivity index (χ1) is 10.1. The molecule has 1 aliphatic rings. The number of hydrogen-bond donors (Lipinski definition) is 2. The molecule has 0 aliphatic carbocycles. The molecule has 1 aromatic heterocycles. The fourth-order valence-corrected chi connectivity index (χ4v) is 3.24. The number of amides is 2. The van der Waals surface area contributed by atoms with Crippen LogP contribution in [0.3, 0.4) is 0 Å². The summed E-state index contributed by atoms with van der Waals surface area (Å²) in [6, 6.07) is 1.90. The average Bonchev–Trinajstić information content (AvgIpc) is 3.01. The van der Waals surface area contributed by atoms with E-state index >= 15 is 0 Å². The summed E-state index contributed by atoms with van der Waals surface area (Å²) < 4.78 is 0. The quantitative estimate of drug-likeness (QED) is 0.864. The number of nitrogens with one attached hydrogen (secondary N) is 1. The second kappa shape index (κ2) is 7.56. The van der Waals surface area contributed by atoms with Gasteiger partial charge in [0.05, 0.1) is 0 Å². The number of nitrogens with two attached hydrogens (primary N) is 1. The van der Waals surface area contributed by atoms with Crippen molar-refractivity contribution in [3.05, 3.63) is 22.4 Å². The van der Waals surface area contributed by atoms with Crippen LogP contribution in [0.25, 0.3) is 0 Å². The Morgan fingerprint density at radius 1 is 1.57 bits per heavy atom. The van der Waals surface area contributed by atoms with E-state index in [9.17, 15) is 9.59 Å². The number of hydrogen-bond acceptors (Lipinski definition) is 4. The Morgan fingerprint density at radius 3 is 3.05 bits per heavy atom. The van der Waals surface area contributed by atoms with Crippen molar-refractivity contribution in [1.29, 1.82) is 0 Å². The molecular weight excluding hydrogens is 286 g/mol. The molecule has 0 saturated carbocycles. The van der Waals surface area contributed by atoms with Gasteiger partial charge in [-0.25, -0.2) is 0 Å². The lowest BCUT2D eigenvalue weighted by molar-refractivity contribution is -0.132. The molecule has 2 heterocycles. The number of rotatable bonds is 5. The van der Waals surface area contributed by atoms with Gasteiger partial charge in [0.25, 0.3) is 5.91 Å². The predicted molar refractivity (Wildman–Crippen MR) is 84.2 cm³/mol. The van der Waals surface area contributed by atoms with Crippen molar-refractivity contribution >= 4 is 23.2 Å². The molecule has 0 aromatic carbocycles. The molecule has 1 aromatic rings. The number of carbonyl (C=O) groups excluding carboxylic acids is 2. The van der Waals surface area contributed by atoms with Gasteiger partial charge in [-0.1, -0.05) is 0 Å². The molecule has 0 spiro atoms. The molecule has 2 atom stereocenters. The third-order valence-electron chi connectivity index (χ3n) is 3.96. The van der Waals surface area contributed by atoms with Crippen LogP contribution < -0.4 is 11.1 Å². The molecule has 0 radical (unpaired) electrons. The molecule has 5 nitrogen and oxygen atoms in total. The first kappa shape index (κ1) is 16.0. The third kappa shape index (κ3) is 4.54. The van der Waals surface area contributed by atoms with Gasteiger partial charge in [0.1, 0.15) is 0 Å². The molecule has 116 valence electrons. The lowest BCUT2D eigenvalue weighted by atomic mass is 9.92. The summed E-state index contributed by atoms with van der Waals surface area (Å²) in [6.07, 6.45) is 2.46. The summed E-state index contributed by atoms with van der Waals surface area (Å²) in [7, 11) is 0. The van der Waals surface area contributed by atoms with Crippen molar-refractivity contribution < 1.29 is 9.59 Å². The predicted octanol–water partition coefficient (Wildman–Crippen LogP) is 1.45. The molecule has 21 heavy (non-hydrogen) atoms. The zero-order chi connectivity index (χ0) is 15.2. The molecule has 2 rings (SSSR count). The summed E-state index contributed by atoms with van der Waals surface area (Å²) in [5.74, 6) is 0.380. The number of likely N-dealkylation sites (tertiary alicyclic amines) is 1. The minimum Gasteiger partial charge on any atom is -0.351 e. The second-order valence-corrected chi connectivity index (χ2v) is 6.40. The van der Waals surface area contributed by atoms with Crippen LogP contribution in [0.15, 0.2) is 16.8 Å². The highest BCUT2D eigenvalue weighted by Crippen LogP contribution is 2.19. The maximum Gasteiger partial charge on any atom is 0.252 e. The fourth-order valence-electron chi connectivity index (χ4n) is 2.60. The number of carbonyl (C=O) groups is 2. The zero-order valence-electron chi connectivity index (χ0n) is 12.4. The summed E-state index contributed by atoms with van der Waals surface area (Å²) >= 11 is 1.49. The Bertz CT molecular complexity index is 473. The van der Waals surface area contributed by atoms with E-state index in [0.29, 0.717) is 24.4 Å². The highest BCUT2D eigenvalue weighted by atomic mass is 32.1. The van der Waals surface area contributed by atoms with Gasteiger partial charge in [-0.05, 0) is 37.1 Å². The van der Waals surface area contributed by atoms with E-state index in [1.807, 2.05) is 17.2 Å². The topological polar surface area (TPSA) is 75.4 Å². The maximum absolute atomic E-state index is 12.2. The van der Waals surface area contributed by atoms with Crippen LogP contribution >= 0.6 is 11.3 Å². The van der Waals surface area contributed by atoms with E-state index in [-0.39, 0.29) is 17.9 Å². The van der Waals surface area contributed by atoms with E-state index in [1.54, 1.807) is 11.4 Å². The van der Waals surface area contributed by atoms with Crippen LogP contribution in [0, 0.1) is 5.92 Å². The van der Waals surface area contributed by atoms with Crippen LogP contribution in [-0.4, -0.2) is 42.4 Å². The van der Waals surface area contributed by atoms with Crippen molar-refractivity contribution in [2.24, 2.45) is 11.7 Å². The molecule has 0 bridgehead atoms. The lowest BCUT2D eigenvalue weighted by Gasteiger charge is -2.34. The minimum atomic E-state index is -0.115. The van der Waals surface area contributed by atoms with Crippen molar-refractivity contribution in [2.75, 3.05) is 19.6 Å². The van der Waals surface area contributed by atoms with E-state index in [4.69, 9.17) is 5.73 Å². The van der Waals surface area contributed by atoms with Gasteiger partial charge in [-0.2, -0.15) is 11.3 Å². The van der Waals surface area contributed by atoms with Crippen LogP contribution in [0.4, 0.5) is 0 Å². The minimum absolute atomic E-state index is 0.103. The Hall–Kier alpha value is -1.40. The van der Waals surface area contributed by atoms with E-state index in [2.05, 4.69) is 5.32 Å². The Morgan fingerprint density at radius 2 is 2.38 bits per heavy atom. The average molecular weight is 309 g/mol. The standard InChI is InChI=1S/C15H23N3O2S/c1-11(16)12-3-2-7-18(9-12)14(19)4-6-17-15(20)13-5-8-21-10-13/h5,8,10-12H,2-4,6-7,9,16H2,1H3,(H,17,20). The van der Waals surface area contributed by atoms with Crippen molar-refractivity contribution in [3.63, 3.8) is 0 Å². The van der Waals surface area contributed by atoms with E-state index in [1.165, 1.54) is 11.3 Å². The summed E-state index contributed by atoms with van der Waals surface area (Å²) in [5.41, 5.74) is 6.58. The van der Waals surface area contributed by atoms with Gasteiger partial charge in [-0.15, -0.1) is 0 Å². The Balaban J connectivity index is 1.73. The third-order valence-corrected chi connectivity index (χ3v) is 4.65. The van der Waals surface area contributed by atoms with Gasteiger partial charge in [0.2, 0.25) is 5.91 Å². The fraction of sp³-hybridized carbons (Fsp3) is 0.600. The molecule has 1 fully saturated rings. The van der Waals surface area contributed by atoms with Crippen LogP contribution in [-0.2, 0) is 4.79 Å². The monoisotopic (exact) mass is 309 g/mol. The zero-order valence-corrected chi connectivity index (χ0v) is 13.2. The van der Waals surface area contributed by atoms with Gasteiger partial charge < -0.3 is 16.0 Å². The lowest BCUT2D eigenvalue weighted by Crippen LogP contribution is -2.45. The van der Waals surface area contributed by atoms with E-state index in [0.717, 1.165) is 25.9 Å². The van der Waals surface area contributed by atoms with E-state index < -0.39 is 0 Å². The van der Waals surface area contributed by atoms with Crippen molar-refractivity contribution in [3.8, 4) is 0 Å². The smallest absolute Gasteiger partial charge is 0.252 e. The van der Waals surface area contributed by atoms with Crippen LogP contribution in [0.2, 0.25) is 0 Å². The molecule has 1 aliphatic heterocycles. The normalized spacial score (nSPS) is 20.1. The highest BCUT2D eigenvalue weighted by molar-refractivity contribution is 7.08. The number of thiophene rings is 1. The summed E-state index contributed by atoms with van der Waals surface area (Å²) in [5, 5.41) is 6.45. The molecule has 2 amide bonds. The van der Waals surface area contributed by atoms with Crippen LogP contribution in [0.1, 0.15) is 36.5 Å². The maximum atomic E-state index is 12.2. The Kier molecular flexibility index (Phi) is 5.76. The SMILES string of the molecule is CC(N)C1CCCN(C(=O)CCNC(=O)c2ccsc2)C1. The molecule has 2 unspecified atom stereocenters. The number of piperidine rings is 1. The van der Waals surface area contributed by atoms with Gasteiger partial charge >= 0.3 is 0 Å². The molecule has 3 N–H and O–H groups in total. The summed E-state index contributed by atoms with van der Waals surface area (Å²) in [4.78, 5) is 25.8. The molecular formula is C15H23N3O2S. The van der Waals surface area contributed by atoms with Gasteiger partial charge in [-0.3, -0.25) is 9.59 Å². The first-order valence-electron chi connectivity index (χ1n) is 7.41. The number of nitrogens with zero attached hydrogens (tertiary/aromatic N) is 1. The second-order valence-electron chi connectivity index (χ2n) is 5.62. The molecule has 6 heteroatoms. The van der Waals surface area contributed by atoms with Gasteiger partial charge in [0.15, 0.2) is 0 Å². The van der Waals surface area contributed by atoms with Crippen molar-refractivity contribution in [2.45, 2.75) is 32.2 Å². The van der Waals surface area contributed by atoms with Crippen LogP contribution in [0.5, 0.6) is 0 Å². The van der Waals surface area contributed by atoms with Gasteiger partial charge in [0, 0.05) is 43.0 Å². The molecule has 1 saturated heterocycles. The highest BCUT2D eigenvalue weighted by Gasteiger charge is 2.25. The van der Waals surface area contributed by atoms with Crippen molar-refractivity contribution in [1.82, 2.24) is 10.2 Å². The first-order valence-corrected chi connectivity index (χ1v) is 8.36.